The molecular weight excluding hydrogens is 470 g/mol. The zero-order valence-corrected chi connectivity index (χ0v) is 24.0. The summed E-state index contributed by atoms with van der Waals surface area (Å²) in [7, 11) is 1.65. The number of aryl methyl sites for hydroxylation is 2. The molecule has 0 atom stereocenters. The van der Waals surface area contributed by atoms with Crippen LogP contribution in [0.2, 0.25) is 0 Å². The molecule has 38 heavy (non-hydrogen) atoms. The van der Waals surface area contributed by atoms with Gasteiger partial charge in [-0.25, -0.2) is 4.98 Å². The largest absolute Gasteiger partial charge is 0.497 e. The number of ether oxygens (including phenoxy) is 1. The lowest BCUT2D eigenvalue weighted by atomic mass is 9.77. The fourth-order valence-electron chi connectivity index (χ4n) is 5.15. The summed E-state index contributed by atoms with van der Waals surface area (Å²) in [5.74, 6) is 4.14. The quantitative estimate of drug-likeness (QED) is 0.240. The van der Waals surface area contributed by atoms with Gasteiger partial charge in [-0.05, 0) is 81.0 Å². The minimum Gasteiger partial charge on any atom is -0.497 e. The highest BCUT2D eigenvalue weighted by Crippen LogP contribution is 2.33. The van der Waals surface area contributed by atoms with Crippen molar-refractivity contribution in [3.8, 4) is 17.2 Å². The molecule has 4 nitrogen and oxygen atoms in total. The second kappa shape index (κ2) is 16.2. The van der Waals surface area contributed by atoms with Crippen LogP contribution in [0.3, 0.4) is 0 Å². The number of carbonyl (C=O) groups excluding carboxylic acids is 1. The van der Waals surface area contributed by atoms with Gasteiger partial charge < -0.3 is 9.15 Å². The fraction of sp³-hybridized carbons (Fsp3) is 0.529. The number of rotatable bonds is 12. The van der Waals surface area contributed by atoms with Crippen molar-refractivity contribution in [2.24, 2.45) is 11.8 Å². The maximum Gasteiger partial charge on any atom is 0.226 e. The molecule has 0 bridgehead atoms. The molecule has 1 aliphatic rings. The molecule has 0 spiro atoms. The van der Waals surface area contributed by atoms with Crippen LogP contribution in [-0.4, -0.2) is 17.9 Å². The van der Waals surface area contributed by atoms with Crippen LogP contribution in [0.4, 0.5) is 0 Å². The van der Waals surface area contributed by atoms with Crippen LogP contribution in [0.1, 0.15) is 95.1 Å². The number of benzene rings is 2. The summed E-state index contributed by atoms with van der Waals surface area (Å²) in [6, 6.07) is 18.6. The maximum atomic E-state index is 12.5. The lowest BCUT2D eigenvalue weighted by Crippen LogP contribution is -2.17. The third-order valence-electron chi connectivity index (χ3n) is 7.74. The number of unbranched alkanes of at least 4 members (excludes halogenated alkanes) is 1. The van der Waals surface area contributed by atoms with Gasteiger partial charge in [0.05, 0.1) is 12.8 Å². The monoisotopic (exact) mass is 517 g/mol. The third-order valence-corrected chi connectivity index (χ3v) is 7.74. The minimum absolute atomic E-state index is 0.389. The molecule has 0 amide bonds. The summed E-state index contributed by atoms with van der Waals surface area (Å²) in [6.45, 7) is 6.31. The van der Waals surface area contributed by atoms with Crippen molar-refractivity contribution >= 4 is 5.78 Å². The van der Waals surface area contributed by atoms with E-state index in [4.69, 9.17) is 9.15 Å². The Morgan fingerprint density at radius 2 is 1.66 bits per heavy atom. The highest BCUT2D eigenvalue weighted by atomic mass is 16.5. The van der Waals surface area contributed by atoms with Gasteiger partial charge in [0.15, 0.2) is 0 Å². The first-order chi connectivity index (χ1) is 18.5. The van der Waals surface area contributed by atoms with E-state index in [1.165, 1.54) is 50.5 Å². The van der Waals surface area contributed by atoms with E-state index in [0.717, 1.165) is 60.3 Å². The topological polar surface area (TPSA) is 52.3 Å². The molecular formula is C34H47NO3. The molecule has 0 aliphatic heterocycles. The molecule has 206 valence electrons. The van der Waals surface area contributed by atoms with Crippen molar-refractivity contribution in [3.05, 3.63) is 71.6 Å². The van der Waals surface area contributed by atoms with Crippen LogP contribution in [0, 0.1) is 18.8 Å². The van der Waals surface area contributed by atoms with Crippen LogP contribution in [0.25, 0.3) is 11.5 Å². The van der Waals surface area contributed by atoms with Crippen LogP contribution in [0.5, 0.6) is 5.75 Å². The van der Waals surface area contributed by atoms with Gasteiger partial charge >= 0.3 is 0 Å². The molecule has 0 unspecified atom stereocenters. The van der Waals surface area contributed by atoms with Crippen LogP contribution in [-0.2, 0) is 17.6 Å². The van der Waals surface area contributed by atoms with E-state index in [0.29, 0.717) is 18.1 Å². The first kappa shape index (κ1) is 29.7. The molecule has 0 saturated heterocycles. The Morgan fingerprint density at radius 3 is 2.34 bits per heavy atom. The van der Waals surface area contributed by atoms with Crippen molar-refractivity contribution in [3.63, 3.8) is 0 Å². The Morgan fingerprint density at radius 1 is 0.947 bits per heavy atom. The van der Waals surface area contributed by atoms with E-state index < -0.39 is 0 Å². The predicted octanol–water partition coefficient (Wildman–Crippen LogP) is 9.19. The summed E-state index contributed by atoms with van der Waals surface area (Å²) in [5, 5.41) is 0. The number of ketones is 1. The van der Waals surface area contributed by atoms with E-state index in [9.17, 15) is 4.79 Å². The Bertz CT molecular complexity index is 1080. The van der Waals surface area contributed by atoms with Gasteiger partial charge in [0.1, 0.15) is 17.3 Å². The van der Waals surface area contributed by atoms with Crippen LogP contribution >= 0.6 is 0 Å². The second-order valence-electron chi connectivity index (χ2n) is 10.8. The van der Waals surface area contributed by atoms with Crippen molar-refractivity contribution in [1.29, 1.82) is 0 Å². The van der Waals surface area contributed by atoms with E-state index in [1.54, 1.807) is 7.11 Å². The Hall–Kier alpha value is -2.88. The zero-order chi connectivity index (χ0) is 27.2. The Labute approximate surface area is 230 Å². The zero-order valence-electron chi connectivity index (χ0n) is 24.0. The summed E-state index contributed by atoms with van der Waals surface area (Å²) in [5.41, 5.74) is 3.31. The predicted molar refractivity (Wildman–Crippen MR) is 157 cm³/mol. The van der Waals surface area contributed by atoms with E-state index in [1.807, 2.05) is 31.2 Å². The highest BCUT2D eigenvalue weighted by Gasteiger charge is 2.22. The number of methoxy groups -OCH3 is 1. The molecule has 1 heterocycles. The van der Waals surface area contributed by atoms with Gasteiger partial charge in [-0.2, -0.15) is 0 Å². The van der Waals surface area contributed by atoms with Gasteiger partial charge in [0.2, 0.25) is 5.89 Å². The Balaban J connectivity index is 0.000000934. The molecule has 2 aromatic carbocycles. The number of oxazole rings is 1. The van der Waals surface area contributed by atoms with Crippen molar-refractivity contribution in [2.45, 2.75) is 97.8 Å². The average Bonchev–Trinajstić information content (AvgIpc) is 3.33. The van der Waals surface area contributed by atoms with Gasteiger partial charge in [0, 0.05) is 18.4 Å². The molecule has 1 saturated carbocycles. The standard InChI is InChI=1S/C30H37NO3.C4H10/c1-22-29(31-30(34-22)26-10-6-12-28(21-26)33-2)13-7-11-27(32)19-18-23-14-16-25(17-15-23)20-24-8-4-3-5-9-24;1-3-4-2/h3-6,8-10,12,21,23,25H,7,11,13-20H2,1-2H3;3-4H2,1-2H3. The molecule has 1 aliphatic carbocycles. The third kappa shape index (κ3) is 9.78. The number of hydrogen-bond acceptors (Lipinski definition) is 4. The van der Waals surface area contributed by atoms with Crippen LogP contribution < -0.4 is 4.74 Å². The maximum absolute atomic E-state index is 12.5. The van der Waals surface area contributed by atoms with Gasteiger partial charge in [0.25, 0.3) is 0 Å². The van der Waals surface area contributed by atoms with Crippen molar-refractivity contribution in [1.82, 2.24) is 4.98 Å². The van der Waals surface area contributed by atoms with Crippen molar-refractivity contribution in [2.75, 3.05) is 7.11 Å². The summed E-state index contributed by atoms with van der Waals surface area (Å²) < 4.78 is 11.2. The molecule has 3 aromatic rings. The van der Waals surface area contributed by atoms with E-state index >= 15 is 0 Å². The molecule has 4 heteroatoms. The SMILES string of the molecule is CCCC.COc1cccc(-c2nc(CCCC(=O)CCC3CCC(Cc4ccccc4)CC3)c(C)o2)c1. The number of carbonyl (C=O) groups is 1. The molecule has 1 aromatic heterocycles. The summed E-state index contributed by atoms with van der Waals surface area (Å²) in [4.78, 5) is 17.2. The molecule has 0 radical (unpaired) electrons. The Kier molecular flexibility index (Phi) is 12.6. The van der Waals surface area contributed by atoms with Gasteiger partial charge in [-0.1, -0.05) is 75.9 Å². The summed E-state index contributed by atoms with van der Waals surface area (Å²) >= 11 is 0. The lowest BCUT2D eigenvalue weighted by Gasteiger charge is -2.28. The molecule has 0 N–H and O–H groups in total. The number of hydrogen-bond donors (Lipinski definition) is 0. The van der Waals surface area contributed by atoms with E-state index in [-0.39, 0.29) is 0 Å². The van der Waals surface area contributed by atoms with Crippen LogP contribution in [0.15, 0.2) is 59.0 Å². The smallest absolute Gasteiger partial charge is 0.226 e. The fourth-order valence-corrected chi connectivity index (χ4v) is 5.15. The van der Waals surface area contributed by atoms with Crippen molar-refractivity contribution < 1.29 is 13.9 Å². The molecule has 4 rings (SSSR count). The average molecular weight is 518 g/mol. The second-order valence-corrected chi connectivity index (χ2v) is 10.8. The van der Waals surface area contributed by atoms with E-state index in [2.05, 4.69) is 49.2 Å². The number of Topliss-reactive ketones (excluding diaryl/α,β-unsaturated/α-hetero) is 1. The van der Waals surface area contributed by atoms with Gasteiger partial charge in [-0.15, -0.1) is 0 Å². The lowest BCUT2D eigenvalue weighted by molar-refractivity contribution is -0.119. The molecule has 1 fully saturated rings. The number of nitrogens with zero attached hydrogens (tertiary/aromatic N) is 1. The normalized spacial score (nSPS) is 16.9. The first-order valence-electron chi connectivity index (χ1n) is 14.7. The number of aromatic nitrogens is 1. The highest BCUT2D eigenvalue weighted by molar-refractivity contribution is 5.78. The summed E-state index contributed by atoms with van der Waals surface area (Å²) in [6.07, 6.45) is 13.0. The van der Waals surface area contributed by atoms with Gasteiger partial charge in [-0.3, -0.25) is 4.79 Å². The minimum atomic E-state index is 0.389. The first-order valence-corrected chi connectivity index (χ1v) is 14.7.